The number of benzene rings is 3. The first kappa shape index (κ1) is 24.2. The van der Waals surface area contributed by atoms with Gasteiger partial charge in [0.15, 0.2) is 11.5 Å². The van der Waals surface area contributed by atoms with Crippen LogP contribution in [0.15, 0.2) is 66.2 Å². The zero-order chi connectivity index (χ0) is 26.1. The second-order valence-corrected chi connectivity index (χ2v) is 8.80. The summed E-state index contributed by atoms with van der Waals surface area (Å²) in [5.41, 5.74) is 2.70. The van der Waals surface area contributed by atoms with Crippen LogP contribution >= 0.6 is 0 Å². The molecule has 37 heavy (non-hydrogen) atoms. The molecule has 1 N–H and O–H groups in total. The number of carbonyl (C=O) groups excluding carboxylic acids is 2. The van der Waals surface area contributed by atoms with Gasteiger partial charge in [-0.15, -0.1) is 0 Å². The number of likely N-dealkylation sites (tertiary alicyclic amines) is 1. The number of hydrogen-bond donors (Lipinski definition) is 1. The highest BCUT2D eigenvalue weighted by Crippen LogP contribution is 2.42. The van der Waals surface area contributed by atoms with Gasteiger partial charge < -0.3 is 29.0 Å². The second-order valence-electron chi connectivity index (χ2n) is 8.80. The summed E-state index contributed by atoms with van der Waals surface area (Å²) in [5, 5.41) is 11.4. The molecular formula is C29H27NO7. The van der Waals surface area contributed by atoms with Gasteiger partial charge >= 0.3 is 0 Å². The van der Waals surface area contributed by atoms with Crippen molar-refractivity contribution in [1.82, 2.24) is 4.90 Å². The van der Waals surface area contributed by atoms with Crippen LogP contribution in [0.4, 0.5) is 0 Å². The molecule has 2 aliphatic rings. The molecule has 5 rings (SSSR count). The van der Waals surface area contributed by atoms with Crippen LogP contribution in [0.1, 0.15) is 35.2 Å². The summed E-state index contributed by atoms with van der Waals surface area (Å²) >= 11 is 0. The monoisotopic (exact) mass is 501 g/mol. The molecule has 1 unspecified atom stereocenters. The third-order valence-corrected chi connectivity index (χ3v) is 6.51. The minimum Gasteiger partial charge on any atom is -0.507 e. The van der Waals surface area contributed by atoms with E-state index in [1.54, 1.807) is 61.7 Å². The van der Waals surface area contributed by atoms with Crippen molar-refractivity contribution in [3.8, 4) is 23.0 Å². The molecule has 0 spiro atoms. The van der Waals surface area contributed by atoms with E-state index in [0.717, 1.165) is 11.1 Å². The summed E-state index contributed by atoms with van der Waals surface area (Å²) in [4.78, 5) is 28.2. The Morgan fingerprint density at radius 3 is 2.49 bits per heavy atom. The van der Waals surface area contributed by atoms with Crippen molar-refractivity contribution in [2.24, 2.45) is 0 Å². The molecule has 190 valence electrons. The molecule has 1 fully saturated rings. The maximum absolute atomic E-state index is 13.4. The molecule has 1 atom stereocenters. The maximum Gasteiger partial charge on any atom is 0.295 e. The fourth-order valence-electron chi connectivity index (χ4n) is 4.68. The number of fused-ring (bicyclic) bond motifs is 1. The SMILES string of the molecule is CCOc1ccc(/C(O)=C2\C(=O)C(=O)N(Cc3ccc4c(c3)OCO4)C2c2ccc(OC)cc2)cc1C. The number of ether oxygens (including phenoxy) is 4. The van der Waals surface area contributed by atoms with Gasteiger partial charge in [-0.05, 0) is 73.0 Å². The summed E-state index contributed by atoms with van der Waals surface area (Å²) in [7, 11) is 1.56. The predicted molar refractivity (Wildman–Crippen MR) is 136 cm³/mol. The number of rotatable bonds is 7. The van der Waals surface area contributed by atoms with Gasteiger partial charge in [-0.1, -0.05) is 18.2 Å². The molecular weight excluding hydrogens is 474 g/mol. The summed E-state index contributed by atoms with van der Waals surface area (Å²) < 4.78 is 21.7. The Kier molecular flexibility index (Phi) is 6.48. The Balaban J connectivity index is 1.59. The van der Waals surface area contributed by atoms with Crippen molar-refractivity contribution in [2.75, 3.05) is 20.5 Å². The molecule has 8 heteroatoms. The smallest absolute Gasteiger partial charge is 0.295 e. The molecule has 0 aliphatic carbocycles. The van der Waals surface area contributed by atoms with Crippen LogP contribution in [-0.4, -0.2) is 42.2 Å². The minimum atomic E-state index is -0.803. The Morgan fingerprint density at radius 1 is 1.03 bits per heavy atom. The van der Waals surface area contributed by atoms with E-state index in [-0.39, 0.29) is 24.7 Å². The van der Waals surface area contributed by atoms with E-state index in [1.165, 1.54) is 4.90 Å². The number of nitrogens with zero attached hydrogens (tertiary/aromatic N) is 1. The van der Waals surface area contributed by atoms with E-state index in [4.69, 9.17) is 18.9 Å². The van der Waals surface area contributed by atoms with E-state index in [2.05, 4.69) is 0 Å². The molecule has 2 aliphatic heterocycles. The largest absolute Gasteiger partial charge is 0.507 e. The van der Waals surface area contributed by atoms with Crippen molar-refractivity contribution >= 4 is 17.4 Å². The highest BCUT2D eigenvalue weighted by atomic mass is 16.7. The van der Waals surface area contributed by atoms with Crippen LogP contribution in [0.3, 0.4) is 0 Å². The number of aryl methyl sites for hydroxylation is 1. The molecule has 0 saturated carbocycles. The van der Waals surface area contributed by atoms with Crippen molar-refractivity contribution < 1.29 is 33.6 Å². The van der Waals surface area contributed by atoms with E-state index in [0.29, 0.717) is 40.7 Å². The number of aliphatic hydroxyl groups excluding tert-OH is 1. The highest BCUT2D eigenvalue weighted by molar-refractivity contribution is 6.46. The molecule has 1 amide bonds. The first-order chi connectivity index (χ1) is 17.9. The number of Topliss-reactive ketones (excluding diaryl/α,β-unsaturated/α-hetero) is 1. The number of ketones is 1. The van der Waals surface area contributed by atoms with Crippen molar-refractivity contribution in [3.05, 3.63) is 88.5 Å². The van der Waals surface area contributed by atoms with Crippen molar-refractivity contribution in [3.63, 3.8) is 0 Å². The van der Waals surface area contributed by atoms with Crippen LogP contribution in [0.25, 0.3) is 5.76 Å². The number of aliphatic hydroxyl groups is 1. The highest BCUT2D eigenvalue weighted by Gasteiger charge is 2.46. The van der Waals surface area contributed by atoms with Gasteiger partial charge in [-0.25, -0.2) is 0 Å². The van der Waals surface area contributed by atoms with Crippen molar-refractivity contribution in [1.29, 1.82) is 0 Å². The molecule has 0 radical (unpaired) electrons. The average Bonchev–Trinajstić information content (AvgIpc) is 3.47. The first-order valence-corrected chi connectivity index (χ1v) is 12.0. The fraction of sp³-hybridized carbons (Fsp3) is 0.241. The lowest BCUT2D eigenvalue weighted by atomic mass is 9.94. The predicted octanol–water partition coefficient (Wildman–Crippen LogP) is 4.75. The average molecular weight is 502 g/mol. The zero-order valence-corrected chi connectivity index (χ0v) is 20.8. The topological polar surface area (TPSA) is 94.5 Å². The Labute approximate surface area is 214 Å². The molecule has 3 aromatic rings. The lowest BCUT2D eigenvalue weighted by Gasteiger charge is -2.25. The van der Waals surface area contributed by atoms with Gasteiger partial charge in [0, 0.05) is 12.1 Å². The van der Waals surface area contributed by atoms with E-state index >= 15 is 0 Å². The van der Waals surface area contributed by atoms with Gasteiger partial charge in [0.2, 0.25) is 6.79 Å². The lowest BCUT2D eigenvalue weighted by Crippen LogP contribution is -2.29. The number of methoxy groups -OCH3 is 1. The van der Waals surface area contributed by atoms with Crippen LogP contribution in [0.5, 0.6) is 23.0 Å². The second kappa shape index (κ2) is 9.89. The number of carbonyl (C=O) groups is 2. The Morgan fingerprint density at radius 2 is 1.78 bits per heavy atom. The molecule has 3 aromatic carbocycles. The molecule has 0 bridgehead atoms. The summed E-state index contributed by atoms with van der Waals surface area (Å²) in [6, 6.07) is 16.9. The molecule has 2 heterocycles. The summed E-state index contributed by atoms with van der Waals surface area (Å²) in [6.07, 6.45) is 0. The first-order valence-electron chi connectivity index (χ1n) is 12.0. The summed E-state index contributed by atoms with van der Waals surface area (Å²) in [5.74, 6) is 0.864. The summed E-state index contributed by atoms with van der Waals surface area (Å²) in [6.45, 7) is 4.53. The molecule has 1 saturated heterocycles. The molecule has 0 aromatic heterocycles. The maximum atomic E-state index is 13.4. The van der Waals surface area contributed by atoms with Crippen LogP contribution in [-0.2, 0) is 16.1 Å². The van der Waals surface area contributed by atoms with Gasteiger partial charge in [0.05, 0.1) is 25.3 Å². The third kappa shape index (κ3) is 4.46. The van der Waals surface area contributed by atoms with E-state index in [1.807, 2.05) is 19.9 Å². The van der Waals surface area contributed by atoms with Crippen LogP contribution in [0.2, 0.25) is 0 Å². The standard InChI is InChI=1S/C29H27NO7/c1-4-35-22-12-8-20(13-17(22)2)27(31)25-26(19-6-9-21(34-3)10-7-19)30(29(33)28(25)32)15-18-5-11-23-24(14-18)37-16-36-23/h5-14,26,31H,4,15-16H2,1-3H3/b27-25+. The minimum absolute atomic E-state index is 0.0273. The molecule has 8 nitrogen and oxygen atoms in total. The zero-order valence-electron chi connectivity index (χ0n) is 20.8. The Bertz CT molecular complexity index is 1390. The van der Waals surface area contributed by atoms with E-state index < -0.39 is 17.7 Å². The van der Waals surface area contributed by atoms with E-state index in [9.17, 15) is 14.7 Å². The van der Waals surface area contributed by atoms with Gasteiger partial charge in [-0.2, -0.15) is 0 Å². The number of amides is 1. The van der Waals surface area contributed by atoms with Crippen LogP contribution < -0.4 is 18.9 Å². The van der Waals surface area contributed by atoms with Gasteiger partial charge in [-0.3, -0.25) is 9.59 Å². The number of hydrogen-bond acceptors (Lipinski definition) is 7. The Hall–Kier alpha value is -4.46. The van der Waals surface area contributed by atoms with Gasteiger partial charge in [0.25, 0.3) is 11.7 Å². The van der Waals surface area contributed by atoms with Crippen LogP contribution in [0, 0.1) is 6.92 Å². The third-order valence-electron chi connectivity index (χ3n) is 6.51. The fourth-order valence-corrected chi connectivity index (χ4v) is 4.68. The lowest BCUT2D eigenvalue weighted by molar-refractivity contribution is -0.140. The van der Waals surface area contributed by atoms with Gasteiger partial charge in [0.1, 0.15) is 17.3 Å². The normalized spacial score (nSPS) is 17.8. The van der Waals surface area contributed by atoms with Crippen molar-refractivity contribution in [2.45, 2.75) is 26.4 Å². The quantitative estimate of drug-likeness (QED) is 0.284.